The first-order valence-electron chi connectivity index (χ1n) is 8.94. The summed E-state index contributed by atoms with van der Waals surface area (Å²) in [5.74, 6) is 0.993. The Labute approximate surface area is 151 Å². The van der Waals surface area contributed by atoms with Crippen LogP contribution in [0.2, 0.25) is 0 Å². The Kier molecular flexibility index (Phi) is 4.58. The van der Waals surface area contributed by atoms with Crippen molar-refractivity contribution in [1.29, 1.82) is 0 Å². The molecule has 1 aliphatic heterocycles. The lowest BCUT2D eigenvalue weighted by Gasteiger charge is -2.33. The van der Waals surface area contributed by atoms with Crippen LogP contribution in [-0.4, -0.2) is 40.7 Å². The van der Waals surface area contributed by atoms with Crippen molar-refractivity contribution in [3.63, 3.8) is 0 Å². The van der Waals surface area contributed by atoms with Gasteiger partial charge in [-0.2, -0.15) is 0 Å². The first-order valence-corrected chi connectivity index (χ1v) is 8.94. The lowest BCUT2D eigenvalue weighted by molar-refractivity contribution is 0.102. The highest BCUT2D eigenvalue weighted by atomic mass is 16.3. The molecule has 1 amide bonds. The molecule has 1 fully saturated rings. The van der Waals surface area contributed by atoms with Crippen LogP contribution in [-0.2, 0) is 0 Å². The first kappa shape index (κ1) is 16.6. The van der Waals surface area contributed by atoms with Gasteiger partial charge in [-0.1, -0.05) is 12.1 Å². The molecule has 0 spiro atoms. The Balaban J connectivity index is 1.57. The Morgan fingerprint density at radius 3 is 2.88 bits per heavy atom. The largest absolute Gasteiger partial charge is 0.396 e. The Morgan fingerprint density at radius 1 is 1.23 bits per heavy atom. The zero-order valence-corrected chi connectivity index (χ0v) is 14.5. The second-order valence-electron chi connectivity index (χ2n) is 6.69. The standard InChI is InChI=1S/C20H22N4O2/c25-13-14-7-11-24(12-8-14)19-17(5-2-9-22-19)23-20(26)16-4-1-3-15-6-10-21-18(15)16/h1-6,9-10,14,21,25H,7-8,11-13H2,(H,23,26). The second kappa shape index (κ2) is 7.17. The van der Waals surface area contributed by atoms with Crippen LogP contribution >= 0.6 is 0 Å². The van der Waals surface area contributed by atoms with Gasteiger partial charge in [0.1, 0.15) is 0 Å². The minimum absolute atomic E-state index is 0.155. The average molecular weight is 350 g/mol. The smallest absolute Gasteiger partial charge is 0.257 e. The number of aromatic amines is 1. The van der Waals surface area contributed by atoms with E-state index >= 15 is 0 Å². The summed E-state index contributed by atoms with van der Waals surface area (Å²) < 4.78 is 0. The van der Waals surface area contributed by atoms with Crippen molar-refractivity contribution >= 4 is 28.3 Å². The van der Waals surface area contributed by atoms with Gasteiger partial charge >= 0.3 is 0 Å². The van der Waals surface area contributed by atoms with Crippen LogP contribution in [0.3, 0.4) is 0 Å². The minimum Gasteiger partial charge on any atom is -0.396 e. The third kappa shape index (κ3) is 3.15. The SMILES string of the molecule is O=C(Nc1cccnc1N1CCC(CO)CC1)c1cccc2cc[nH]c12. The van der Waals surface area contributed by atoms with Crippen LogP contribution in [0.15, 0.2) is 48.8 Å². The number of amides is 1. The summed E-state index contributed by atoms with van der Waals surface area (Å²) in [5, 5.41) is 13.4. The maximum Gasteiger partial charge on any atom is 0.257 e. The third-order valence-corrected chi connectivity index (χ3v) is 5.04. The number of H-pyrrole nitrogens is 1. The summed E-state index contributed by atoms with van der Waals surface area (Å²) >= 11 is 0. The van der Waals surface area contributed by atoms with Gasteiger partial charge in [-0.15, -0.1) is 0 Å². The first-order chi connectivity index (χ1) is 12.8. The van der Waals surface area contributed by atoms with E-state index in [0.717, 1.165) is 42.7 Å². The minimum atomic E-state index is -0.155. The highest BCUT2D eigenvalue weighted by Crippen LogP contribution is 2.28. The molecule has 0 atom stereocenters. The van der Waals surface area contributed by atoms with Gasteiger partial charge in [-0.05, 0) is 43.0 Å². The van der Waals surface area contributed by atoms with Crippen molar-refractivity contribution in [1.82, 2.24) is 9.97 Å². The van der Waals surface area contributed by atoms with Gasteiger partial charge < -0.3 is 20.3 Å². The Morgan fingerprint density at radius 2 is 2.08 bits per heavy atom. The number of para-hydroxylation sites is 1. The molecule has 26 heavy (non-hydrogen) atoms. The number of hydrogen-bond donors (Lipinski definition) is 3. The number of pyridine rings is 1. The van der Waals surface area contributed by atoms with Crippen LogP contribution in [0.5, 0.6) is 0 Å². The molecule has 1 aromatic carbocycles. The number of rotatable bonds is 4. The lowest BCUT2D eigenvalue weighted by Crippen LogP contribution is -2.35. The molecular weight excluding hydrogens is 328 g/mol. The quantitative estimate of drug-likeness (QED) is 0.676. The van der Waals surface area contributed by atoms with Crippen molar-refractivity contribution in [2.75, 3.05) is 29.9 Å². The van der Waals surface area contributed by atoms with Crippen molar-refractivity contribution in [3.8, 4) is 0 Å². The molecule has 6 nitrogen and oxygen atoms in total. The normalized spacial score (nSPS) is 15.3. The van der Waals surface area contributed by atoms with E-state index in [2.05, 4.69) is 20.2 Å². The topological polar surface area (TPSA) is 81.2 Å². The predicted octanol–water partition coefficient (Wildman–Crippen LogP) is 3.02. The molecule has 3 N–H and O–H groups in total. The summed E-state index contributed by atoms with van der Waals surface area (Å²) in [6.45, 7) is 1.90. The maximum atomic E-state index is 12.8. The number of aromatic nitrogens is 2. The van der Waals surface area contributed by atoms with E-state index in [1.165, 1.54) is 0 Å². The van der Waals surface area contributed by atoms with Crippen molar-refractivity contribution in [2.45, 2.75) is 12.8 Å². The van der Waals surface area contributed by atoms with Gasteiger partial charge in [0.25, 0.3) is 5.91 Å². The molecule has 0 bridgehead atoms. The molecule has 4 rings (SSSR count). The van der Waals surface area contributed by atoms with Crippen molar-refractivity contribution in [3.05, 3.63) is 54.4 Å². The monoisotopic (exact) mass is 350 g/mol. The summed E-state index contributed by atoms with van der Waals surface area (Å²) in [6.07, 6.45) is 5.45. The van der Waals surface area contributed by atoms with E-state index in [1.807, 2.05) is 42.6 Å². The van der Waals surface area contributed by atoms with Gasteiger partial charge in [0, 0.05) is 37.5 Å². The number of benzene rings is 1. The molecule has 1 saturated heterocycles. The molecule has 2 aromatic heterocycles. The van der Waals surface area contributed by atoms with Crippen LogP contribution in [0, 0.1) is 5.92 Å². The van der Waals surface area contributed by atoms with Gasteiger partial charge in [-0.25, -0.2) is 4.98 Å². The third-order valence-electron chi connectivity index (χ3n) is 5.04. The maximum absolute atomic E-state index is 12.8. The number of aliphatic hydroxyl groups is 1. The number of nitrogens with zero attached hydrogens (tertiary/aromatic N) is 2. The number of hydrogen-bond acceptors (Lipinski definition) is 4. The lowest BCUT2D eigenvalue weighted by atomic mass is 9.98. The summed E-state index contributed by atoms with van der Waals surface area (Å²) in [6, 6.07) is 11.3. The molecule has 0 saturated carbocycles. The molecule has 1 aliphatic rings. The molecule has 3 aromatic rings. The van der Waals surface area contributed by atoms with Crippen LogP contribution in [0.4, 0.5) is 11.5 Å². The van der Waals surface area contributed by atoms with E-state index in [9.17, 15) is 9.90 Å². The predicted molar refractivity (Wildman–Crippen MR) is 103 cm³/mol. The summed E-state index contributed by atoms with van der Waals surface area (Å²) in [4.78, 5) is 22.7. The molecule has 6 heteroatoms. The van der Waals surface area contributed by atoms with Crippen molar-refractivity contribution in [2.24, 2.45) is 5.92 Å². The Hall–Kier alpha value is -2.86. The summed E-state index contributed by atoms with van der Waals surface area (Å²) in [7, 11) is 0. The number of carbonyl (C=O) groups is 1. The Bertz CT molecular complexity index is 913. The number of carbonyl (C=O) groups excluding carboxylic acids is 1. The number of nitrogens with one attached hydrogen (secondary N) is 2. The second-order valence-corrected chi connectivity index (χ2v) is 6.69. The van der Waals surface area contributed by atoms with Crippen molar-refractivity contribution < 1.29 is 9.90 Å². The molecule has 0 unspecified atom stereocenters. The van der Waals surface area contributed by atoms with Gasteiger partial charge in [0.2, 0.25) is 0 Å². The zero-order chi connectivity index (χ0) is 17.9. The fourth-order valence-corrected chi connectivity index (χ4v) is 3.54. The van der Waals surface area contributed by atoms with Gasteiger partial charge in [0.05, 0.1) is 16.8 Å². The molecule has 0 aliphatic carbocycles. The number of piperidine rings is 1. The van der Waals surface area contributed by atoms with Crippen LogP contribution in [0.1, 0.15) is 23.2 Å². The highest BCUT2D eigenvalue weighted by molar-refractivity contribution is 6.12. The number of anilines is 2. The number of aliphatic hydroxyl groups excluding tert-OH is 1. The molecule has 3 heterocycles. The average Bonchev–Trinajstić information content (AvgIpc) is 3.17. The van der Waals surface area contributed by atoms with E-state index < -0.39 is 0 Å². The number of fused-ring (bicyclic) bond motifs is 1. The van der Waals surface area contributed by atoms with E-state index in [1.54, 1.807) is 6.20 Å². The van der Waals surface area contributed by atoms with Gasteiger partial charge in [-0.3, -0.25) is 4.79 Å². The fourth-order valence-electron chi connectivity index (χ4n) is 3.54. The molecular formula is C20H22N4O2. The van der Waals surface area contributed by atoms with E-state index in [-0.39, 0.29) is 12.5 Å². The highest BCUT2D eigenvalue weighted by Gasteiger charge is 2.22. The van der Waals surface area contributed by atoms with Crippen LogP contribution < -0.4 is 10.2 Å². The molecule has 0 radical (unpaired) electrons. The van der Waals surface area contributed by atoms with Gasteiger partial charge in [0.15, 0.2) is 5.82 Å². The molecule has 134 valence electrons. The van der Waals surface area contributed by atoms with E-state index in [0.29, 0.717) is 17.2 Å². The van der Waals surface area contributed by atoms with Crippen LogP contribution in [0.25, 0.3) is 10.9 Å². The summed E-state index contributed by atoms with van der Waals surface area (Å²) in [5.41, 5.74) is 2.16. The van der Waals surface area contributed by atoms with E-state index in [4.69, 9.17) is 0 Å². The zero-order valence-electron chi connectivity index (χ0n) is 14.5. The fraction of sp³-hybridized carbons (Fsp3) is 0.300.